The second-order valence-corrected chi connectivity index (χ2v) is 6.06. The second kappa shape index (κ2) is 6.24. The molecule has 0 spiro atoms. The predicted molar refractivity (Wildman–Crippen MR) is 87.9 cm³/mol. The molecule has 0 unspecified atom stereocenters. The largest absolute Gasteiger partial charge is 0.304 e. The zero-order valence-electron chi connectivity index (χ0n) is 12.3. The maximum Gasteiger partial charge on any atom is 0.110 e. The summed E-state index contributed by atoms with van der Waals surface area (Å²) in [4.78, 5) is 5.82. The molecule has 0 saturated carbocycles. The third-order valence-corrected chi connectivity index (χ3v) is 4.64. The summed E-state index contributed by atoms with van der Waals surface area (Å²) < 4.78 is 2.20. The lowest BCUT2D eigenvalue weighted by molar-refractivity contribution is 0.570. The molecule has 0 bridgehead atoms. The smallest absolute Gasteiger partial charge is 0.110 e. The van der Waals surface area contributed by atoms with Crippen molar-refractivity contribution in [3.63, 3.8) is 0 Å². The number of imidazole rings is 1. The number of thiophene rings is 1. The van der Waals surface area contributed by atoms with E-state index in [1.807, 2.05) is 19.2 Å². The summed E-state index contributed by atoms with van der Waals surface area (Å²) >= 11 is 1.79. The van der Waals surface area contributed by atoms with Gasteiger partial charge in [0.25, 0.3) is 0 Å². The van der Waals surface area contributed by atoms with Crippen LogP contribution in [0.4, 0.5) is 0 Å². The summed E-state index contributed by atoms with van der Waals surface area (Å²) in [7, 11) is 0. The van der Waals surface area contributed by atoms with Crippen molar-refractivity contribution in [2.75, 3.05) is 0 Å². The van der Waals surface area contributed by atoms with Crippen LogP contribution in [0.15, 0.2) is 54.0 Å². The van der Waals surface area contributed by atoms with Crippen molar-refractivity contribution >= 4 is 11.3 Å². The van der Waals surface area contributed by atoms with Gasteiger partial charge >= 0.3 is 0 Å². The Morgan fingerprint density at radius 3 is 2.71 bits per heavy atom. The molecule has 0 saturated heterocycles. The van der Waals surface area contributed by atoms with Crippen LogP contribution in [0.25, 0.3) is 5.69 Å². The van der Waals surface area contributed by atoms with Crippen LogP contribution in [0.2, 0.25) is 0 Å². The minimum atomic E-state index is 0.351. The summed E-state index contributed by atoms with van der Waals surface area (Å²) in [6.07, 6.45) is 1.95. The number of nitrogens with one attached hydrogen (secondary N) is 1. The Kier molecular flexibility index (Phi) is 4.18. The Balaban J connectivity index is 1.78. The number of hydrogen-bond acceptors (Lipinski definition) is 3. The van der Waals surface area contributed by atoms with E-state index >= 15 is 0 Å². The van der Waals surface area contributed by atoms with Crippen molar-refractivity contribution < 1.29 is 0 Å². The summed E-state index contributed by atoms with van der Waals surface area (Å²) in [5.41, 5.74) is 2.34. The molecule has 3 aromatic rings. The minimum Gasteiger partial charge on any atom is -0.304 e. The standard InChI is InChI=1S/C17H19N3S/c1-13(17-9-6-10-21-17)18-11-16-12-19-14(2)20(16)15-7-4-3-5-8-15/h3-10,12-13,18H,11H2,1-2H3/t13-/m1/s1. The van der Waals surface area contributed by atoms with Gasteiger partial charge in [-0.25, -0.2) is 4.98 Å². The fourth-order valence-corrected chi connectivity index (χ4v) is 3.20. The number of benzene rings is 1. The van der Waals surface area contributed by atoms with Crippen LogP contribution >= 0.6 is 11.3 Å². The number of aromatic nitrogens is 2. The molecule has 0 amide bonds. The van der Waals surface area contributed by atoms with Gasteiger partial charge < -0.3 is 5.32 Å². The molecule has 108 valence electrons. The first kappa shape index (κ1) is 14.0. The Morgan fingerprint density at radius 1 is 1.19 bits per heavy atom. The van der Waals surface area contributed by atoms with E-state index in [1.165, 1.54) is 10.6 Å². The van der Waals surface area contributed by atoms with Gasteiger partial charge in [-0.05, 0) is 37.4 Å². The highest BCUT2D eigenvalue weighted by atomic mass is 32.1. The van der Waals surface area contributed by atoms with Gasteiger partial charge in [-0.1, -0.05) is 24.3 Å². The van der Waals surface area contributed by atoms with Crippen molar-refractivity contribution in [2.45, 2.75) is 26.4 Å². The monoisotopic (exact) mass is 297 g/mol. The molecule has 0 aliphatic carbocycles. The first-order valence-corrected chi connectivity index (χ1v) is 7.99. The van der Waals surface area contributed by atoms with Gasteiger partial charge in [0.2, 0.25) is 0 Å². The van der Waals surface area contributed by atoms with Crippen LogP contribution in [0.1, 0.15) is 29.4 Å². The molecule has 0 aliphatic heterocycles. The second-order valence-electron chi connectivity index (χ2n) is 5.09. The predicted octanol–water partition coefficient (Wildman–Crippen LogP) is 4.09. The third-order valence-electron chi connectivity index (χ3n) is 3.58. The number of para-hydroxylation sites is 1. The summed E-state index contributed by atoms with van der Waals surface area (Å²) in [5.74, 6) is 1.02. The zero-order chi connectivity index (χ0) is 14.7. The fraction of sp³-hybridized carbons (Fsp3) is 0.235. The normalized spacial score (nSPS) is 12.5. The first-order chi connectivity index (χ1) is 10.3. The molecule has 21 heavy (non-hydrogen) atoms. The molecule has 1 atom stereocenters. The first-order valence-electron chi connectivity index (χ1n) is 7.11. The number of nitrogens with zero attached hydrogens (tertiary/aromatic N) is 2. The maximum absolute atomic E-state index is 4.46. The number of aryl methyl sites for hydroxylation is 1. The molecule has 3 rings (SSSR count). The molecular weight excluding hydrogens is 278 g/mol. The summed E-state index contributed by atoms with van der Waals surface area (Å²) in [6, 6.07) is 15.0. The molecule has 0 aliphatic rings. The van der Waals surface area contributed by atoms with Crippen LogP contribution in [0, 0.1) is 6.92 Å². The molecule has 3 nitrogen and oxygen atoms in total. The van der Waals surface area contributed by atoms with Gasteiger partial charge in [0.05, 0.1) is 11.9 Å². The van der Waals surface area contributed by atoms with Crippen molar-refractivity contribution in [3.05, 3.63) is 70.4 Å². The SMILES string of the molecule is Cc1ncc(CN[C@H](C)c2cccs2)n1-c1ccccc1. The molecule has 4 heteroatoms. The fourth-order valence-electron chi connectivity index (χ4n) is 2.44. The Labute approximate surface area is 129 Å². The average Bonchev–Trinajstić information content (AvgIpc) is 3.15. The molecule has 0 fully saturated rings. The van der Waals surface area contributed by atoms with Crippen LogP contribution < -0.4 is 5.32 Å². The van der Waals surface area contributed by atoms with Crippen LogP contribution in [0.3, 0.4) is 0 Å². The van der Waals surface area contributed by atoms with Crippen LogP contribution in [-0.4, -0.2) is 9.55 Å². The molecular formula is C17H19N3S. The van der Waals surface area contributed by atoms with Crippen LogP contribution in [-0.2, 0) is 6.54 Å². The zero-order valence-corrected chi connectivity index (χ0v) is 13.1. The Morgan fingerprint density at radius 2 is 2.00 bits per heavy atom. The van der Waals surface area contributed by atoms with Gasteiger partial charge in [-0.15, -0.1) is 11.3 Å². The lowest BCUT2D eigenvalue weighted by Crippen LogP contribution is -2.19. The Bertz CT molecular complexity index is 686. The van der Waals surface area contributed by atoms with Crippen molar-refractivity contribution in [1.82, 2.24) is 14.9 Å². The highest BCUT2D eigenvalue weighted by Gasteiger charge is 2.11. The van der Waals surface area contributed by atoms with Crippen LogP contribution in [0.5, 0.6) is 0 Å². The van der Waals surface area contributed by atoms with Gasteiger partial charge in [-0.2, -0.15) is 0 Å². The molecule has 2 heterocycles. The summed E-state index contributed by atoms with van der Waals surface area (Å²) in [5, 5.41) is 5.69. The van der Waals surface area contributed by atoms with E-state index in [2.05, 4.69) is 63.6 Å². The summed E-state index contributed by atoms with van der Waals surface area (Å²) in [6.45, 7) is 5.04. The lowest BCUT2D eigenvalue weighted by Gasteiger charge is -2.14. The van der Waals surface area contributed by atoms with Gasteiger partial charge in [0, 0.05) is 23.2 Å². The topological polar surface area (TPSA) is 29.9 Å². The number of rotatable bonds is 5. The average molecular weight is 297 g/mol. The van der Waals surface area contributed by atoms with E-state index in [0.717, 1.165) is 18.1 Å². The van der Waals surface area contributed by atoms with E-state index in [-0.39, 0.29) is 0 Å². The maximum atomic E-state index is 4.46. The Hall–Kier alpha value is -1.91. The van der Waals surface area contributed by atoms with Crippen molar-refractivity contribution in [2.24, 2.45) is 0 Å². The molecule has 0 radical (unpaired) electrons. The van der Waals surface area contributed by atoms with Crippen molar-refractivity contribution in [3.8, 4) is 5.69 Å². The van der Waals surface area contributed by atoms with E-state index in [0.29, 0.717) is 6.04 Å². The van der Waals surface area contributed by atoms with Gasteiger partial charge in [0.1, 0.15) is 5.82 Å². The number of hydrogen-bond donors (Lipinski definition) is 1. The quantitative estimate of drug-likeness (QED) is 0.768. The van der Waals surface area contributed by atoms with E-state index in [9.17, 15) is 0 Å². The van der Waals surface area contributed by atoms with Crippen molar-refractivity contribution in [1.29, 1.82) is 0 Å². The molecule has 1 N–H and O–H groups in total. The van der Waals surface area contributed by atoms with E-state index in [4.69, 9.17) is 0 Å². The lowest BCUT2D eigenvalue weighted by atomic mass is 10.2. The van der Waals surface area contributed by atoms with Gasteiger partial charge in [0.15, 0.2) is 0 Å². The third kappa shape index (κ3) is 3.06. The minimum absolute atomic E-state index is 0.351. The van der Waals surface area contributed by atoms with E-state index < -0.39 is 0 Å². The highest BCUT2D eigenvalue weighted by molar-refractivity contribution is 7.10. The highest BCUT2D eigenvalue weighted by Crippen LogP contribution is 2.20. The molecule has 2 aromatic heterocycles. The molecule has 1 aromatic carbocycles. The van der Waals surface area contributed by atoms with Gasteiger partial charge in [-0.3, -0.25) is 4.57 Å². The van der Waals surface area contributed by atoms with E-state index in [1.54, 1.807) is 11.3 Å².